The largest absolute Gasteiger partial charge is 0.449 e. The summed E-state index contributed by atoms with van der Waals surface area (Å²) in [6, 6.07) is 16.3. The first-order valence-corrected chi connectivity index (χ1v) is 12.6. The number of aromatic nitrogens is 1. The fourth-order valence-corrected chi connectivity index (χ4v) is 4.93. The Morgan fingerprint density at radius 2 is 1.85 bits per heavy atom. The predicted molar refractivity (Wildman–Crippen MR) is 148 cm³/mol. The number of nitrogens with zero attached hydrogens (tertiary/aromatic N) is 1. The minimum atomic E-state index is -0.812. The van der Waals surface area contributed by atoms with E-state index in [1.54, 1.807) is 19.3 Å². The molecule has 3 N–H and O–H groups in total. The number of carbonyl (C=O) groups excluding carboxylic acids is 2. The van der Waals surface area contributed by atoms with Crippen LogP contribution in [0.3, 0.4) is 0 Å². The number of aryl methyl sites for hydroxylation is 1. The number of likely N-dealkylation sites (N-methyl/N-ethyl adjacent to an activating group) is 1. The second-order valence-electron chi connectivity index (χ2n) is 9.93. The molecule has 8 nitrogen and oxygen atoms in total. The molecule has 0 fully saturated rings. The normalized spacial score (nSPS) is 18.1. The number of rotatable bonds is 2. The van der Waals surface area contributed by atoms with Gasteiger partial charge in [0, 0.05) is 48.0 Å². The van der Waals surface area contributed by atoms with Crippen molar-refractivity contribution in [2.45, 2.75) is 32.4 Å². The van der Waals surface area contributed by atoms with Crippen molar-refractivity contribution < 1.29 is 18.7 Å². The van der Waals surface area contributed by atoms with Crippen molar-refractivity contribution in [1.29, 1.82) is 0 Å². The van der Waals surface area contributed by atoms with E-state index in [-0.39, 0.29) is 36.1 Å². The van der Waals surface area contributed by atoms with Crippen LogP contribution in [0.15, 0.2) is 71.7 Å². The van der Waals surface area contributed by atoms with Crippen LogP contribution < -0.4 is 16.2 Å². The number of fused-ring (bicyclic) bond motifs is 10. The number of amides is 2. The molecule has 39 heavy (non-hydrogen) atoms. The smallest absolute Gasteiger partial charge is 0.411 e. The first-order chi connectivity index (χ1) is 18.7. The minimum Gasteiger partial charge on any atom is -0.449 e. The summed E-state index contributed by atoms with van der Waals surface area (Å²) in [6.45, 7) is 4.02. The molecular weight excluding hydrogens is 499 g/mol. The third-order valence-electron chi connectivity index (χ3n) is 7.03. The molecule has 0 saturated heterocycles. The van der Waals surface area contributed by atoms with E-state index in [9.17, 15) is 18.8 Å². The standard InChI is InChI=1S/C30H29FN4O4/c1-17-12-20-5-8-24(17)18(2)16-39-30(38)34-22-7-9-26(31)21(13-22)15-35(3)29(37)27(20)33-23-6-4-19-10-11-32-28(36)25(19)14-23/h4-14,18,27,33H,15-16H2,1-3H3,(H,32,36)(H,34,38)/t18-,27+/m0/s1. The van der Waals surface area contributed by atoms with Gasteiger partial charge in [0.25, 0.3) is 5.56 Å². The lowest BCUT2D eigenvalue weighted by atomic mass is 9.93. The van der Waals surface area contributed by atoms with E-state index in [1.807, 2.05) is 50.2 Å². The van der Waals surface area contributed by atoms with E-state index in [0.29, 0.717) is 22.3 Å². The average molecular weight is 529 g/mol. The van der Waals surface area contributed by atoms with Gasteiger partial charge in [-0.15, -0.1) is 0 Å². The van der Waals surface area contributed by atoms with Gasteiger partial charge in [-0.3, -0.25) is 14.9 Å². The van der Waals surface area contributed by atoms with Gasteiger partial charge < -0.3 is 19.9 Å². The topological polar surface area (TPSA) is 104 Å². The van der Waals surface area contributed by atoms with Crippen LogP contribution in [0, 0.1) is 12.7 Å². The Balaban J connectivity index is 1.57. The van der Waals surface area contributed by atoms with E-state index >= 15 is 0 Å². The van der Waals surface area contributed by atoms with Crippen LogP contribution in [-0.4, -0.2) is 35.5 Å². The predicted octanol–water partition coefficient (Wildman–Crippen LogP) is 5.45. The molecule has 0 aliphatic carbocycles. The molecule has 2 atom stereocenters. The highest BCUT2D eigenvalue weighted by atomic mass is 19.1. The quantitative estimate of drug-likeness (QED) is 0.321. The second-order valence-corrected chi connectivity index (χ2v) is 9.93. The van der Waals surface area contributed by atoms with Gasteiger partial charge in [-0.1, -0.05) is 31.2 Å². The van der Waals surface area contributed by atoms with E-state index < -0.39 is 18.0 Å². The zero-order valence-electron chi connectivity index (χ0n) is 21.9. The van der Waals surface area contributed by atoms with Crippen molar-refractivity contribution in [2.24, 2.45) is 0 Å². The molecule has 2 aliphatic heterocycles. The fourth-order valence-electron chi connectivity index (χ4n) is 4.93. The van der Waals surface area contributed by atoms with Crippen molar-refractivity contribution in [2.75, 3.05) is 24.3 Å². The highest BCUT2D eigenvalue weighted by molar-refractivity contribution is 5.89. The van der Waals surface area contributed by atoms with E-state index in [1.165, 1.54) is 23.1 Å². The SMILES string of the molecule is Cc1cc2ccc1[C@@H](C)COC(=O)Nc1ccc(F)c(c1)CN(C)C(=O)[C@@H]2Nc1ccc2cc[nH]c(=O)c2c1. The molecule has 0 radical (unpaired) electrons. The highest BCUT2D eigenvalue weighted by Gasteiger charge is 2.26. The molecule has 9 heteroatoms. The number of halogens is 1. The summed E-state index contributed by atoms with van der Waals surface area (Å²) >= 11 is 0. The van der Waals surface area contributed by atoms with Crippen molar-refractivity contribution in [3.8, 4) is 0 Å². The summed E-state index contributed by atoms with van der Waals surface area (Å²) in [7, 11) is 1.60. The number of anilines is 2. The zero-order valence-corrected chi connectivity index (χ0v) is 21.9. The molecule has 0 spiro atoms. The Labute approximate surface area is 224 Å². The molecule has 3 heterocycles. The van der Waals surface area contributed by atoms with Crippen LogP contribution in [0.25, 0.3) is 10.8 Å². The van der Waals surface area contributed by atoms with Crippen LogP contribution in [0.4, 0.5) is 20.6 Å². The summed E-state index contributed by atoms with van der Waals surface area (Å²) in [6.07, 6.45) is 0.956. The maximum Gasteiger partial charge on any atom is 0.411 e. The van der Waals surface area contributed by atoms with Gasteiger partial charge in [-0.2, -0.15) is 0 Å². The summed E-state index contributed by atoms with van der Waals surface area (Å²) in [5.41, 5.74) is 3.61. The molecule has 200 valence electrons. The van der Waals surface area contributed by atoms with E-state index in [4.69, 9.17) is 4.74 Å². The molecule has 2 aliphatic rings. The van der Waals surface area contributed by atoms with Gasteiger partial charge in [0.05, 0.1) is 6.61 Å². The Hall–Kier alpha value is -4.66. The number of aromatic amines is 1. The molecule has 4 aromatic rings. The Kier molecular flexibility index (Phi) is 7.06. The number of benzene rings is 3. The van der Waals surface area contributed by atoms with Crippen molar-refractivity contribution in [3.05, 3.63) is 105 Å². The number of hydrogen-bond donors (Lipinski definition) is 3. The Morgan fingerprint density at radius 1 is 1.03 bits per heavy atom. The minimum absolute atomic E-state index is 0.0289. The molecule has 1 aromatic heterocycles. The summed E-state index contributed by atoms with van der Waals surface area (Å²) < 4.78 is 20.1. The van der Waals surface area contributed by atoms with Crippen LogP contribution in [-0.2, 0) is 16.1 Å². The number of hydrogen-bond acceptors (Lipinski definition) is 5. The van der Waals surface area contributed by atoms with Crippen LogP contribution >= 0.6 is 0 Å². The van der Waals surface area contributed by atoms with Gasteiger partial charge in [0.15, 0.2) is 0 Å². The lowest BCUT2D eigenvalue weighted by molar-refractivity contribution is -0.131. The first-order valence-electron chi connectivity index (χ1n) is 12.6. The van der Waals surface area contributed by atoms with Crippen molar-refractivity contribution >= 4 is 34.1 Å². The molecule has 3 aromatic carbocycles. The fraction of sp³-hybridized carbons (Fsp3) is 0.233. The van der Waals surface area contributed by atoms with Gasteiger partial charge in [-0.25, -0.2) is 9.18 Å². The monoisotopic (exact) mass is 528 g/mol. The highest BCUT2D eigenvalue weighted by Crippen LogP contribution is 2.29. The molecule has 0 saturated carbocycles. The van der Waals surface area contributed by atoms with Crippen LogP contribution in [0.1, 0.15) is 41.1 Å². The third kappa shape index (κ3) is 5.47. The number of ether oxygens (including phenoxy) is 1. The first kappa shape index (κ1) is 26.0. The molecule has 4 bridgehead atoms. The lowest BCUT2D eigenvalue weighted by Gasteiger charge is -2.27. The maximum atomic E-state index is 14.7. The second kappa shape index (κ2) is 10.6. The summed E-state index contributed by atoms with van der Waals surface area (Å²) in [5, 5.41) is 7.22. The summed E-state index contributed by atoms with van der Waals surface area (Å²) in [5.74, 6) is -0.887. The lowest BCUT2D eigenvalue weighted by Crippen LogP contribution is -2.35. The van der Waals surface area contributed by atoms with E-state index in [0.717, 1.165) is 16.5 Å². The number of H-pyrrole nitrogens is 1. The van der Waals surface area contributed by atoms with Gasteiger partial charge in [-0.05, 0) is 65.4 Å². The number of pyridine rings is 1. The van der Waals surface area contributed by atoms with Crippen molar-refractivity contribution in [1.82, 2.24) is 9.88 Å². The van der Waals surface area contributed by atoms with Crippen LogP contribution in [0.2, 0.25) is 0 Å². The van der Waals surface area contributed by atoms with Gasteiger partial charge in [0.1, 0.15) is 11.9 Å². The third-order valence-corrected chi connectivity index (χ3v) is 7.03. The number of nitrogens with one attached hydrogen (secondary N) is 3. The summed E-state index contributed by atoms with van der Waals surface area (Å²) in [4.78, 5) is 42.7. The van der Waals surface area contributed by atoms with Gasteiger partial charge in [0.2, 0.25) is 5.91 Å². The zero-order chi connectivity index (χ0) is 27.7. The Bertz CT molecular complexity index is 1630. The van der Waals surface area contributed by atoms with Gasteiger partial charge >= 0.3 is 6.09 Å². The van der Waals surface area contributed by atoms with E-state index in [2.05, 4.69) is 15.6 Å². The van der Waals surface area contributed by atoms with Crippen LogP contribution in [0.5, 0.6) is 0 Å². The Morgan fingerprint density at radius 3 is 2.64 bits per heavy atom. The maximum absolute atomic E-state index is 14.7. The molecular formula is C30H29FN4O4. The number of carbonyl (C=O) groups is 2. The molecule has 2 amide bonds. The molecule has 0 unspecified atom stereocenters. The molecule has 6 rings (SSSR count). The average Bonchev–Trinajstić information content (AvgIpc) is 2.91. The van der Waals surface area contributed by atoms with Crippen molar-refractivity contribution in [3.63, 3.8) is 0 Å².